The number of thiazole rings is 1. The summed E-state index contributed by atoms with van der Waals surface area (Å²) in [4.78, 5) is 30.4. The molecule has 0 spiro atoms. The average Bonchev–Trinajstić information content (AvgIpc) is 2.95. The Kier molecular flexibility index (Phi) is 3.02. The van der Waals surface area contributed by atoms with Crippen molar-refractivity contribution in [2.75, 3.05) is 17.3 Å². The van der Waals surface area contributed by atoms with Crippen molar-refractivity contribution in [2.24, 2.45) is 0 Å². The predicted molar refractivity (Wildman–Crippen MR) is 78.4 cm³/mol. The lowest BCUT2D eigenvalue weighted by molar-refractivity contribution is -0.112. The molecule has 5 nitrogen and oxygen atoms in total. The zero-order valence-electron chi connectivity index (χ0n) is 11.1. The Labute approximate surface area is 120 Å². The molecule has 3 rings (SSSR count). The number of carbonyl (C=O) groups excluding carboxylic acids is 2. The van der Waals surface area contributed by atoms with Gasteiger partial charge in [-0.25, -0.2) is 4.98 Å². The fraction of sp³-hybridized carbons (Fsp3) is 0.214. The molecule has 1 aliphatic rings. The Morgan fingerprint density at radius 1 is 1.35 bits per heavy atom. The maximum atomic E-state index is 11.5. The van der Waals surface area contributed by atoms with Gasteiger partial charge in [0.05, 0.1) is 29.0 Å². The van der Waals surface area contributed by atoms with Crippen LogP contribution in [0.1, 0.15) is 20.9 Å². The molecule has 0 fully saturated rings. The first-order valence-electron chi connectivity index (χ1n) is 6.16. The van der Waals surface area contributed by atoms with E-state index in [0.717, 1.165) is 17.9 Å². The minimum atomic E-state index is -0.557. The van der Waals surface area contributed by atoms with Crippen LogP contribution in [0.15, 0.2) is 23.7 Å². The minimum absolute atomic E-state index is 0.445. The van der Waals surface area contributed by atoms with E-state index in [9.17, 15) is 9.59 Å². The molecule has 102 valence electrons. The van der Waals surface area contributed by atoms with Gasteiger partial charge in [0, 0.05) is 17.6 Å². The maximum Gasteiger partial charge on any atom is 0.296 e. The average molecular weight is 287 g/mol. The van der Waals surface area contributed by atoms with Gasteiger partial charge in [0.25, 0.3) is 11.7 Å². The van der Waals surface area contributed by atoms with Crippen LogP contribution in [-0.2, 0) is 11.3 Å². The summed E-state index contributed by atoms with van der Waals surface area (Å²) in [5.41, 5.74) is 4.85. The molecule has 1 aromatic heterocycles. The summed E-state index contributed by atoms with van der Waals surface area (Å²) < 4.78 is 0. The van der Waals surface area contributed by atoms with Crippen molar-refractivity contribution in [3.63, 3.8) is 0 Å². The van der Waals surface area contributed by atoms with Crippen molar-refractivity contribution in [3.05, 3.63) is 39.8 Å². The molecule has 0 saturated heterocycles. The third-order valence-corrected chi connectivity index (χ3v) is 4.29. The number of aryl methyl sites for hydroxylation is 1. The van der Waals surface area contributed by atoms with Crippen molar-refractivity contribution < 1.29 is 9.59 Å². The third-order valence-electron chi connectivity index (χ3n) is 3.37. The molecule has 2 aromatic rings. The predicted octanol–water partition coefficient (Wildman–Crippen LogP) is 2.22. The van der Waals surface area contributed by atoms with Crippen LogP contribution in [0.3, 0.4) is 0 Å². The molecule has 0 saturated carbocycles. The highest BCUT2D eigenvalue weighted by Gasteiger charge is 2.28. The summed E-state index contributed by atoms with van der Waals surface area (Å²) in [7, 11) is 1.97. The number of fused-ring (bicyclic) bond motifs is 1. The van der Waals surface area contributed by atoms with Crippen LogP contribution >= 0.6 is 11.3 Å². The van der Waals surface area contributed by atoms with Gasteiger partial charge >= 0.3 is 0 Å². The molecular weight excluding hydrogens is 274 g/mol. The molecule has 6 heteroatoms. The van der Waals surface area contributed by atoms with E-state index >= 15 is 0 Å². The van der Waals surface area contributed by atoms with E-state index in [-0.39, 0.29) is 0 Å². The second-order valence-corrected chi connectivity index (χ2v) is 5.67. The summed E-state index contributed by atoms with van der Waals surface area (Å²) in [6, 6.07) is 5.38. The Bertz CT molecular complexity index is 708. The van der Waals surface area contributed by atoms with E-state index in [1.807, 2.05) is 31.6 Å². The molecule has 1 aromatic carbocycles. The van der Waals surface area contributed by atoms with Crippen molar-refractivity contribution in [3.8, 4) is 0 Å². The summed E-state index contributed by atoms with van der Waals surface area (Å²) in [5.74, 6) is -1.02. The first-order chi connectivity index (χ1) is 9.56. The van der Waals surface area contributed by atoms with Gasteiger partial charge < -0.3 is 10.2 Å². The highest BCUT2D eigenvalue weighted by atomic mass is 32.1. The Balaban J connectivity index is 1.85. The van der Waals surface area contributed by atoms with Crippen LogP contribution in [0.25, 0.3) is 0 Å². The monoisotopic (exact) mass is 287 g/mol. The van der Waals surface area contributed by atoms with E-state index in [1.165, 1.54) is 4.88 Å². The third kappa shape index (κ3) is 2.08. The first kappa shape index (κ1) is 12.8. The van der Waals surface area contributed by atoms with Crippen LogP contribution in [0, 0.1) is 6.92 Å². The quantitative estimate of drug-likeness (QED) is 0.879. The largest absolute Gasteiger partial charge is 0.369 e. The number of rotatable bonds is 3. The number of nitrogens with zero attached hydrogens (tertiary/aromatic N) is 2. The van der Waals surface area contributed by atoms with E-state index in [0.29, 0.717) is 11.3 Å². The van der Waals surface area contributed by atoms with Gasteiger partial charge in [0.15, 0.2) is 0 Å². The molecule has 0 unspecified atom stereocenters. The van der Waals surface area contributed by atoms with Crippen molar-refractivity contribution in [1.29, 1.82) is 0 Å². The first-order valence-corrected chi connectivity index (χ1v) is 7.04. The van der Waals surface area contributed by atoms with Crippen molar-refractivity contribution in [1.82, 2.24) is 4.98 Å². The maximum absolute atomic E-state index is 11.5. The number of aromatic nitrogens is 1. The highest BCUT2D eigenvalue weighted by molar-refractivity contribution is 7.09. The smallest absolute Gasteiger partial charge is 0.296 e. The van der Waals surface area contributed by atoms with Crippen LogP contribution in [-0.4, -0.2) is 23.7 Å². The lowest BCUT2D eigenvalue weighted by Crippen LogP contribution is -2.16. The van der Waals surface area contributed by atoms with Gasteiger partial charge in [-0.05, 0) is 25.1 Å². The van der Waals surface area contributed by atoms with Crippen molar-refractivity contribution >= 4 is 34.4 Å². The fourth-order valence-corrected chi connectivity index (χ4v) is 2.99. The SMILES string of the molecule is Cc1ncsc1CN(C)c1ccc2c(c1)NC(=O)C2=O. The molecule has 0 atom stereocenters. The number of anilines is 2. The van der Waals surface area contributed by atoms with Gasteiger partial charge in [-0.3, -0.25) is 9.59 Å². The standard InChI is InChI=1S/C14H13N3O2S/c1-8-12(20-7-15-8)6-17(2)9-3-4-10-11(5-9)16-14(19)13(10)18/h3-5,7H,6H2,1-2H3,(H,16,18,19). The zero-order chi connectivity index (χ0) is 14.3. The molecule has 0 radical (unpaired) electrons. The molecule has 0 aliphatic carbocycles. The molecular formula is C14H13N3O2S. The molecule has 20 heavy (non-hydrogen) atoms. The minimum Gasteiger partial charge on any atom is -0.369 e. The number of ketones is 1. The normalized spacial score (nSPS) is 13.3. The summed E-state index contributed by atoms with van der Waals surface area (Å²) in [6.07, 6.45) is 0. The van der Waals surface area contributed by atoms with E-state index in [1.54, 1.807) is 17.4 Å². The number of hydrogen-bond donors (Lipinski definition) is 1. The lowest BCUT2D eigenvalue weighted by Gasteiger charge is -2.19. The molecule has 2 heterocycles. The number of hydrogen-bond acceptors (Lipinski definition) is 5. The van der Waals surface area contributed by atoms with Gasteiger partial charge in [-0.15, -0.1) is 11.3 Å². The van der Waals surface area contributed by atoms with Crippen LogP contribution in [0.2, 0.25) is 0 Å². The second-order valence-electron chi connectivity index (χ2n) is 4.73. The zero-order valence-corrected chi connectivity index (χ0v) is 12.0. The van der Waals surface area contributed by atoms with Crippen LogP contribution in [0.5, 0.6) is 0 Å². The topological polar surface area (TPSA) is 62.3 Å². The number of carbonyl (C=O) groups is 2. The van der Waals surface area contributed by atoms with Gasteiger partial charge in [-0.1, -0.05) is 0 Å². The number of benzene rings is 1. The number of Topliss-reactive ketones (excluding diaryl/α,β-unsaturated/α-hetero) is 1. The summed E-state index contributed by atoms with van der Waals surface area (Å²) in [5, 5.41) is 2.59. The van der Waals surface area contributed by atoms with Gasteiger partial charge in [-0.2, -0.15) is 0 Å². The van der Waals surface area contributed by atoms with E-state index in [4.69, 9.17) is 0 Å². The molecule has 0 bridgehead atoms. The molecule has 1 N–H and O–H groups in total. The van der Waals surface area contributed by atoms with Crippen molar-refractivity contribution in [2.45, 2.75) is 13.5 Å². The Morgan fingerprint density at radius 3 is 2.85 bits per heavy atom. The van der Waals surface area contributed by atoms with E-state index in [2.05, 4.69) is 15.2 Å². The lowest BCUT2D eigenvalue weighted by atomic mass is 10.1. The second kappa shape index (κ2) is 4.72. The van der Waals surface area contributed by atoms with E-state index < -0.39 is 11.7 Å². The Morgan fingerprint density at radius 2 is 2.15 bits per heavy atom. The fourth-order valence-electron chi connectivity index (χ4n) is 2.16. The van der Waals surface area contributed by atoms with Crippen LogP contribution in [0.4, 0.5) is 11.4 Å². The van der Waals surface area contributed by atoms with Gasteiger partial charge in [0.2, 0.25) is 0 Å². The molecule has 1 aliphatic heterocycles. The summed E-state index contributed by atoms with van der Waals surface area (Å²) in [6.45, 7) is 2.73. The molecule has 1 amide bonds. The van der Waals surface area contributed by atoms with Gasteiger partial charge in [0.1, 0.15) is 0 Å². The summed E-state index contributed by atoms with van der Waals surface area (Å²) >= 11 is 1.62. The number of amides is 1. The highest BCUT2D eigenvalue weighted by Crippen LogP contribution is 2.29. The number of nitrogens with one attached hydrogen (secondary N) is 1. The Hall–Kier alpha value is -2.21. The van der Waals surface area contributed by atoms with Crippen LogP contribution < -0.4 is 10.2 Å².